The molecule has 4 nitrogen and oxygen atoms in total. The zero-order valence-corrected chi connectivity index (χ0v) is 19.2. The van der Waals surface area contributed by atoms with Gasteiger partial charge in [0.15, 0.2) is 0 Å². The van der Waals surface area contributed by atoms with Gasteiger partial charge in [0.2, 0.25) is 0 Å². The summed E-state index contributed by atoms with van der Waals surface area (Å²) in [6.45, 7) is 6.65. The number of carbonyl (C=O) groups excluding carboxylic acids is 1. The summed E-state index contributed by atoms with van der Waals surface area (Å²) in [4.78, 5) is 15.4. The summed E-state index contributed by atoms with van der Waals surface area (Å²) in [6.07, 6.45) is 0.416. The molecule has 0 atom stereocenters. The molecular formula is C23H24FNO3PS+. The van der Waals surface area contributed by atoms with Gasteiger partial charge in [0.05, 0.1) is 0 Å². The Morgan fingerprint density at radius 3 is 2.57 bits per heavy atom. The normalized spacial score (nSPS) is 16.6. The number of rotatable bonds is 4. The number of anilines is 1. The van der Waals surface area contributed by atoms with Gasteiger partial charge in [-0.1, -0.05) is 0 Å². The molecule has 2 aromatic rings. The number of carbonyl (C=O) groups is 1. The predicted octanol–water partition coefficient (Wildman–Crippen LogP) is 5.49. The average molecular weight is 444 g/mol. The second-order valence-electron chi connectivity index (χ2n) is 8.30. The summed E-state index contributed by atoms with van der Waals surface area (Å²) in [5, 5.41) is 0. The van der Waals surface area contributed by atoms with E-state index in [1.165, 1.54) is 17.8 Å². The van der Waals surface area contributed by atoms with Gasteiger partial charge in [0.25, 0.3) is 0 Å². The molecule has 2 aliphatic heterocycles. The number of ether oxygens (including phenoxy) is 2. The first kappa shape index (κ1) is 21.4. The van der Waals surface area contributed by atoms with Crippen LogP contribution >= 0.6 is 19.6 Å². The van der Waals surface area contributed by atoms with Crippen molar-refractivity contribution in [1.82, 2.24) is 0 Å². The van der Waals surface area contributed by atoms with Crippen LogP contribution in [0.4, 0.5) is 10.1 Å². The summed E-state index contributed by atoms with van der Waals surface area (Å²) in [5.74, 6) is 1.13. The first-order valence-corrected chi connectivity index (χ1v) is 11.7. The summed E-state index contributed by atoms with van der Waals surface area (Å²) >= 11 is 1.52. The molecule has 2 aliphatic rings. The van der Waals surface area contributed by atoms with Crippen molar-refractivity contribution in [2.75, 3.05) is 17.8 Å². The molecule has 2 heterocycles. The van der Waals surface area contributed by atoms with Crippen LogP contribution in [0.5, 0.6) is 5.75 Å². The van der Waals surface area contributed by atoms with Crippen molar-refractivity contribution in [3.05, 3.63) is 53.3 Å². The van der Waals surface area contributed by atoms with E-state index in [4.69, 9.17) is 9.47 Å². The quantitative estimate of drug-likeness (QED) is 0.585. The molecule has 0 aliphatic carbocycles. The molecule has 2 aromatic carbocycles. The first-order chi connectivity index (χ1) is 14.3. The van der Waals surface area contributed by atoms with Gasteiger partial charge in [-0.2, -0.15) is 0 Å². The Balaban J connectivity index is 1.73. The first-order valence-electron chi connectivity index (χ1n) is 9.80. The number of amides is 1. The van der Waals surface area contributed by atoms with Gasteiger partial charge in [-0.15, -0.1) is 0 Å². The van der Waals surface area contributed by atoms with Crippen LogP contribution in [0.25, 0.3) is 0 Å². The molecule has 156 valence electrons. The third-order valence-corrected chi connectivity index (χ3v) is 7.53. The Hall–Kier alpha value is -1.88. The average Bonchev–Trinajstić information content (AvgIpc) is 2.79. The van der Waals surface area contributed by atoms with Crippen molar-refractivity contribution >= 4 is 42.1 Å². The van der Waals surface area contributed by atoms with E-state index in [2.05, 4.69) is 20.8 Å². The monoisotopic (exact) mass is 444 g/mol. The van der Waals surface area contributed by atoms with Crippen LogP contribution in [-0.4, -0.2) is 29.7 Å². The third-order valence-electron chi connectivity index (χ3n) is 4.98. The SMILES string of the molecule is COc1ccc(CN2C(=O)CCSc3cc(F)c(C4=[P+]=C(C(C)(C)C)O4)cc32)cc1. The molecule has 30 heavy (non-hydrogen) atoms. The fourth-order valence-electron chi connectivity index (χ4n) is 3.26. The van der Waals surface area contributed by atoms with Gasteiger partial charge in [-0.3, -0.25) is 0 Å². The Bertz CT molecular complexity index is 1070. The molecule has 0 spiro atoms. The Morgan fingerprint density at radius 2 is 1.93 bits per heavy atom. The Kier molecular flexibility index (Phi) is 5.93. The second-order valence-corrected chi connectivity index (χ2v) is 10.5. The maximum atomic E-state index is 14.9. The Morgan fingerprint density at radius 1 is 1.23 bits per heavy atom. The molecule has 7 heteroatoms. The minimum absolute atomic E-state index is 0.0358. The Labute approximate surface area is 181 Å². The summed E-state index contributed by atoms with van der Waals surface area (Å²) in [7, 11) is 2.53. The van der Waals surface area contributed by atoms with Crippen LogP contribution in [0.2, 0.25) is 0 Å². The number of halogens is 1. The van der Waals surface area contributed by atoms with Gasteiger partial charge >= 0.3 is 182 Å². The molecular weight excluding hydrogens is 420 g/mol. The number of thioether (sulfide) groups is 1. The van der Waals surface area contributed by atoms with E-state index in [1.54, 1.807) is 18.1 Å². The fourth-order valence-corrected chi connectivity index (χ4v) is 5.22. The van der Waals surface area contributed by atoms with E-state index in [0.29, 0.717) is 29.8 Å². The number of hydrogen-bond donors (Lipinski definition) is 0. The molecule has 0 N–H and O–H groups in total. The molecule has 0 radical (unpaired) electrons. The number of benzene rings is 2. The number of methoxy groups -OCH3 is 1. The van der Waals surface area contributed by atoms with Crippen LogP contribution in [0.3, 0.4) is 0 Å². The van der Waals surface area contributed by atoms with Crippen molar-refractivity contribution in [2.45, 2.75) is 38.6 Å². The molecule has 0 saturated carbocycles. The molecule has 4 rings (SSSR count). The summed E-state index contributed by atoms with van der Waals surface area (Å²) < 4.78 is 26.0. The summed E-state index contributed by atoms with van der Waals surface area (Å²) in [5.41, 5.74) is 3.60. The van der Waals surface area contributed by atoms with Gasteiger partial charge < -0.3 is 0 Å². The molecule has 0 fully saturated rings. The molecule has 0 bridgehead atoms. The van der Waals surface area contributed by atoms with Crippen molar-refractivity contribution in [2.24, 2.45) is 5.41 Å². The minimum atomic E-state index is -0.310. The van der Waals surface area contributed by atoms with Gasteiger partial charge in [-0.25, -0.2) is 0 Å². The van der Waals surface area contributed by atoms with E-state index in [9.17, 15) is 9.18 Å². The van der Waals surface area contributed by atoms with E-state index in [0.717, 1.165) is 35.2 Å². The van der Waals surface area contributed by atoms with Crippen LogP contribution < -0.4 is 9.64 Å². The van der Waals surface area contributed by atoms with Gasteiger partial charge in [0, 0.05) is 0 Å². The molecule has 1 amide bonds. The van der Waals surface area contributed by atoms with Crippen LogP contribution in [0.15, 0.2) is 41.3 Å². The van der Waals surface area contributed by atoms with Crippen molar-refractivity contribution in [3.63, 3.8) is 0 Å². The fraction of sp³-hybridized carbons (Fsp3) is 0.348. The van der Waals surface area contributed by atoms with Crippen molar-refractivity contribution in [3.8, 4) is 5.75 Å². The number of fused-ring (bicyclic) bond motifs is 1. The topological polar surface area (TPSA) is 38.8 Å². The molecule has 0 aromatic heterocycles. The third kappa shape index (κ3) is 4.27. The summed E-state index contributed by atoms with van der Waals surface area (Å²) in [6, 6.07) is 11.0. The zero-order valence-electron chi connectivity index (χ0n) is 17.5. The molecule has 0 saturated heterocycles. The van der Waals surface area contributed by atoms with Crippen LogP contribution in [0.1, 0.15) is 38.3 Å². The van der Waals surface area contributed by atoms with Crippen LogP contribution in [-0.2, 0) is 16.1 Å². The standard InChI is InChI=1S/C23H24FNO3PS/c1-23(2,3)22-28-21(29-22)16-11-18-19(12-17(16)24)30-10-9-20(26)25(18)13-14-5-7-15(27-4)8-6-14/h5-8,11-12H,9-10,13H2,1-4H3/q+1. The van der Waals surface area contributed by atoms with Gasteiger partial charge in [-0.05, 0) is 0 Å². The van der Waals surface area contributed by atoms with Crippen molar-refractivity contribution < 1.29 is 18.7 Å². The van der Waals surface area contributed by atoms with E-state index in [1.807, 2.05) is 24.3 Å². The number of nitrogens with zero attached hydrogens (tertiary/aromatic N) is 1. The van der Waals surface area contributed by atoms with Gasteiger partial charge in [0.1, 0.15) is 0 Å². The maximum absolute atomic E-state index is 14.9. The van der Waals surface area contributed by atoms with E-state index >= 15 is 0 Å². The molecule has 0 unspecified atom stereocenters. The zero-order chi connectivity index (χ0) is 21.5. The van der Waals surface area contributed by atoms with E-state index in [-0.39, 0.29) is 17.1 Å². The predicted molar refractivity (Wildman–Crippen MR) is 123 cm³/mol. The van der Waals surface area contributed by atoms with E-state index < -0.39 is 0 Å². The number of hydrogen-bond acceptors (Lipinski definition) is 4. The van der Waals surface area contributed by atoms with Crippen molar-refractivity contribution in [1.29, 1.82) is 0 Å². The second kappa shape index (κ2) is 8.33. The van der Waals surface area contributed by atoms with Crippen LogP contribution in [0, 0.1) is 11.2 Å².